The molecule has 1 aliphatic heterocycles. The van der Waals surface area contributed by atoms with E-state index >= 15 is 0 Å². The smallest absolute Gasteiger partial charge is 0.226 e. The number of amides is 2. The fourth-order valence-electron chi connectivity index (χ4n) is 3.86. The maximum Gasteiger partial charge on any atom is 0.226 e. The van der Waals surface area contributed by atoms with Gasteiger partial charge >= 0.3 is 0 Å². The van der Waals surface area contributed by atoms with Crippen LogP contribution in [0.3, 0.4) is 0 Å². The maximum atomic E-state index is 12.6. The van der Waals surface area contributed by atoms with Crippen molar-refractivity contribution in [2.45, 2.75) is 45.2 Å². The van der Waals surface area contributed by atoms with Crippen LogP contribution in [0.4, 0.5) is 5.69 Å². The Kier molecular flexibility index (Phi) is 5.93. The van der Waals surface area contributed by atoms with Crippen LogP contribution < -0.4 is 10.6 Å². The number of carbonyl (C=O) groups is 2. The van der Waals surface area contributed by atoms with Crippen LogP contribution in [0.25, 0.3) is 11.3 Å². The molecule has 6 nitrogen and oxygen atoms in total. The fourth-order valence-corrected chi connectivity index (χ4v) is 3.86. The summed E-state index contributed by atoms with van der Waals surface area (Å²) in [6, 6.07) is 16.9. The number of carbonyl (C=O) groups excluding carboxylic acids is 2. The molecule has 0 radical (unpaired) electrons. The second-order valence-corrected chi connectivity index (χ2v) is 7.69. The number of hydrogen-bond donors (Lipinski definition) is 2. The largest absolute Gasteiger partial charge is 0.349 e. The third-order valence-corrected chi connectivity index (χ3v) is 5.34. The summed E-state index contributed by atoms with van der Waals surface area (Å²) in [5.74, 6) is 0.838. The van der Waals surface area contributed by atoms with Crippen LogP contribution >= 0.6 is 0 Å². The molecular formula is C24H26N4O2. The first kappa shape index (κ1) is 19.9. The number of nitrogens with zero attached hydrogens (tertiary/aromatic N) is 2. The fraction of sp³-hybridized carbons (Fsp3) is 0.292. The molecule has 0 spiro atoms. The Balaban J connectivity index is 1.41. The minimum Gasteiger partial charge on any atom is -0.349 e. The van der Waals surface area contributed by atoms with Gasteiger partial charge in [0.15, 0.2) is 0 Å². The number of benzene rings is 2. The van der Waals surface area contributed by atoms with Crippen molar-refractivity contribution in [2.75, 3.05) is 5.32 Å². The molecule has 0 saturated carbocycles. The van der Waals surface area contributed by atoms with E-state index in [1.165, 1.54) is 19.8 Å². The maximum absolute atomic E-state index is 12.6. The number of anilines is 1. The van der Waals surface area contributed by atoms with Gasteiger partial charge in [0.1, 0.15) is 5.82 Å². The average Bonchev–Trinajstić information content (AvgIpc) is 3.18. The Morgan fingerprint density at radius 1 is 1.07 bits per heavy atom. The minimum absolute atomic E-state index is 0.150. The molecule has 1 aromatic heterocycles. The zero-order valence-corrected chi connectivity index (χ0v) is 17.1. The van der Waals surface area contributed by atoms with Gasteiger partial charge in [0, 0.05) is 37.3 Å². The van der Waals surface area contributed by atoms with Gasteiger partial charge in [0.25, 0.3) is 0 Å². The average molecular weight is 402 g/mol. The molecule has 0 fully saturated rings. The van der Waals surface area contributed by atoms with Crippen LogP contribution in [0.1, 0.15) is 43.6 Å². The van der Waals surface area contributed by atoms with Crippen molar-refractivity contribution in [1.82, 2.24) is 14.9 Å². The standard InChI is InChI=1S/C24H26N4O2/c1-17(29)25-21(18-7-3-2-4-8-18)15-24(30)26-20-12-10-19(11-13-20)22-16-28-14-6-5-9-23(28)27-22/h2-4,7-8,10-13,16,21H,5-6,9,14-15H2,1H3,(H,25,29)(H,26,30). The molecule has 0 aliphatic carbocycles. The van der Waals surface area contributed by atoms with Crippen LogP contribution in [0.15, 0.2) is 60.8 Å². The van der Waals surface area contributed by atoms with E-state index in [4.69, 9.17) is 4.98 Å². The summed E-state index contributed by atoms with van der Waals surface area (Å²) in [6.07, 6.45) is 5.71. The number of aromatic nitrogens is 2. The molecule has 2 N–H and O–H groups in total. The lowest BCUT2D eigenvalue weighted by molar-refractivity contribution is -0.120. The molecule has 30 heavy (non-hydrogen) atoms. The number of hydrogen-bond acceptors (Lipinski definition) is 3. The number of rotatable bonds is 6. The van der Waals surface area contributed by atoms with Crippen molar-refractivity contribution < 1.29 is 9.59 Å². The van der Waals surface area contributed by atoms with Crippen molar-refractivity contribution in [1.29, 1.82) is 0 Å². The van der Waals surface area contributed by atoms with Gasteiger partial charge in [-0.05, 0) is 30.5 Å². The summed E-state index contributed by atoms with van der Waals surface area (Å²) in [4.78, 5) is 28.9. The number of fused-ring (bicyclic) bond motifs is 1. The van der Waals surface area contributed by atoms with Crippen LogP contribution in [-0.4, -0.2) is 21.4 Å². The Bertz CT molecular complexity index is 1000. The van der Waals surface area contributed by atoms with Crippen molar-refractivity contribution in [2.24, 2.45) is 0 Å². The summed E-state index contributed by atoms with van der Waals surface area (Å²) in [6.45, 7) is 2.49. The van der Waals surface area contributed by atoms with Crippen molar-refractivity contribution in [3.63, 3.8) is 0 Å². The highest BCUT2D eigenvalue weighted by Gasteiger charge is 2.17. The van der Waals surface area contributed by atoms with E-state index in [2.05, 4.69) is 21.4 Å². The van der Waals surface area contributed by atoms with E-state index < -0.39 is 0 Å². The molecule has 3 aromatic rings. The molecule has 2 aromatic carbocycles. The van der Waals surface area contributed by atoms with Gasteiger partial charge in [-0.15, -0.1) is 0 Å². The molecular weight excluding hydrogens is 376 g/mol. The van der Waals surface area contributed by atoms with E-state index in [0.717, 1.165) is 41.3 Å². The summed E-state index contributed by atoms with van der Waals surface area (Å²) in [5, 5.41) is 5.78. The van der Waals surface area contributed by atoms with Crippen LogP contribution in [0, 0.1) is 0 Å². The lowest BCUT2D eigenvalue weighted by Crippen LogP contribution is -2.29. The number of aryl methyl sites for hydroxylation is 2. The molecule has 2 amide bonds. The first-order valence-corrected chi connectivity index (χ1v) is 10.4. The number of imidazole rings is 1. The Hall–Kier alpha value is -3.41. The highest BCUT2D eigenvalue weighted by atomic mass is 16.2. The predicted molar refractivity (Wildman–Crippen MR) is 117 cm³/mol. The lowest BCUT2D eigenvalue weighted by atomic mass is 10.0. The predicted octanol–water partition coefficient (Wildman–Crippen LogP) is 4.09. The molecule has 2 heterocycles. The minimum atomic E-state index is -0.361. The molecule has 1 atom stereocenters. The molecule has 6 heteroatoms. The third kappa shape index (κ3) is 4.76. The lowest BCUT2D eigenvalue weighted by Gasteiger charge is -2.18. The van der Waals surface area contributed by atoms with Crippen molar-refractivity contribution in [3.8, 4) is 11.3 Å². The zero-order valence-electron chi connectivity index (χ0n) is 17.1. The Labute approximate surface area is 176 Å². The van der Waals surface area contributed by atoms with E-state index in [0.29, 0.717) is 0 Å². The quantitative estimate of drug-likeness (QED) is 0.652. The van der Waals surface area contributed by atoms with Crippen molar-refractivity contribution >= 4 is 17.5 Å². The first-order valence-electron chi connectivity index (χ1n) is 10.4. The molecule has 154 valence electrons. The van der Waals surface area contributed by atoms with Gasteiger partial charge in [-0.2, -0.15) is 0 Å². The summed E-state index contributed by atoms with van der Waals surface area (Å²) in [5.41, 5.74) is 3.64. The highest BCUT2D eigenvalue weighted by Crippen LogP contribution is 2.24. The molecule has 0 saturated heterocycles. The summed E-state index contributed by atoms with van der Waals surface area (Å²) >= 11 is 0. The first-order chi connectivity index (χ1) is 14.6. The van der Waals surface area contributed by atoms with Crippen LogP contribution in [0.5, 0.6) is 0 Å². The topological polar surface area (TPSA) is 76.0 Å². The van der Waals surface area contributed by atoms with Gasteiger partial charge in [-0.3, -0.25) is 9.59 Å². The van der Waals surface area contributed by atoms with E-state index in [9.17, 15) is 9.59 Å². The van der Waals surface area contributed by atoms with Crippen LogP contribution in [-0.2, 0) is 22.6 Å². The highest BCUT2D eigenvalue weighted by molar-refractivity contribution is 5.91. The SMILES string of the molecule is CC(=O)NC(CC(=O)Nc1ccc(-c2cn3c(n2)CCCC3)cc1)c1ccccc1. The number of nitrogens with one attached hydrogen (secondary N) is 2. The van der Waals surface area contributed by atoms with Gasteiger partial charge < -0.3 is 15.2 Å². The monoisotopic (exact) mass is 402 g/mol. The second-order valence-electron chi connectivity index (χ2n) is 7.69. The normalized spacial score (nSPS) is 13.9. The van der Waals surface area contributed by atoms with Gasteiger partial charge in [-0.1, -0.05) is 42.5 Å². The molecule has 1 unspecified atom stereocenters. The molecule has 4 rings (SSSR count). The summed E-state index contributed by atoms with van der Waals surface area (Å²) < 4.78 is 2.24. The molecule has 1 aliphatic rings. The van der Waals surface area contributed by atoms with E-state index in [1.807, 2.05) is 54.6 Å². The molecule has 0 bridgehead atoms. The summed E-state index contributed by atoms with van der Waals surface area (Å²) in [7, 11) is 0. The van der Waals surface area contributed by atoms with Gasteiger partial charge in [0.05, 0.1) is 18.2 Å². The van der Waals surface area contributed by atoms with E-state index in [1.54, 1.807) is 0 Å². The van der Waals surface area contributed by atoms with Crippen molar-refractivity contribution in [3.05, 3.63) is 72.2 Å². The third-order valence-electron chi connectivity index (χ3n) is 5.34. The Morgan fingerprint density at radius 3 is 2.53 bits per heavy atom. The van der Waals surface area contributed by atoms with Crippen LogP contribution in [0.2, 0.25) is 0 Å². The van der Waals surface area contributed by atoms with Gasteiger partial charge in [0.2, 0.25) is 11.8 Å². The van der Waals surface area contributed by atoms with Gasteiger partial charge in [-0.25, -0.2) is 4.98 Å². The zero-order chi connectivity index (χ0) is 20.9. The van der Waals surface area contributed by atoms with E-state index in [-0.39, 0.29) is 24.3 Å². The Morgan fingerprint density at radius 2 is 1.83 bits per heavy atom. The second kappa shape index (κ2) is 8.95.